The van der Waals surface area contributed by atoms with Gasteiger partial charge in [0.2, 0.25) is 0 Å². The van der Waals surface area contributed by atoms with E-state index in [2.05, 4.69) is 5.32 Å². The lowest BCUT2D eigenvalue weighted by Gasteiger charge is -2.36. The van der Waals surface area contributed by atoms with Gasteiger partial charge >= 0.3 is 6.18 Å². The molecule has 1 aromatic carbocycles. The maximum atomic E-state index is 13.3. The zero-order chi connectivity index (χ0) is 15.4. The normalized spacial score (nSPS) is 25.0. The van der Waals surface area contributed by atoms with Gasteiger partial charge in [-0.15, -0.1) is 0 Å². The quantitative estimate of drug-likeness (QED) is 0.864. The van der Waals surface area contributed by atoms with E-state index in [1.54, 1.807) is 11.0 Å². The highest BCUT2D eigenvalue weighted by Crippen LogP contribution is 2.44. The number of piperazine rings is 1. The topological polar surface area (TPSA) is 32.3 Å². The van der Waals surface area contributed by atoms with Crippen LogP contribution in [0.2, 0.25) is 0 Å². The molecule has 0 saturated carbocycles. The first-order valence-corrected chi connectivity index (χ1v) is 7.13. The summed E-state index contributed by atoms with van der Waals surface area (Å²) in [5.74, 6) is -0.488. The van der Waals surface area contributed by atoms with Crippen molar-refractivity contribution in [2.45, 2.75) is 38.5 Å². The molecular formula is C15H17F3N2O. The summed E-state index contributed by atoms with van der Waals surface area (Å²) in [4.78, 5) is 14.0. The van der Waals surface area contributed by atoms with Gasteiger partial charge in [0.1, 0.15) is 0 Å². The van der Waals surface area contributed by atoms with E-state index in [1.165, 1.54) is 0 Å². The molecule has 2 aliphatic heterocycles. The summed E-state index contributed by atoms with van der Waals surface area (Å²) in [6.45, 7) is 4.78. The molecule has 0 spiro atoms. The van der Waals surface area contributed by atoms with Crippen molar-refractivity contribution in [2.75, 3.05) is 13.1 Å². The molecule has 3 rings (SSSR count). The average molecular weight is 298 g/mol. The molecule has 2 aliphatic rings. The van der Waals surface area contributed by atoms with E-state index in [4.69, 9.17) is 0 Å². The maximum Gasteiger partial charge on any atom is 0.417 e. The van der Waals surface area contributed by atoms with Crippen LogP contribution in [0.15, 0.2) is 12.1 Å². The molecule has 3 nitrogen and oxygen atoms in total. The van der Waals surface area contributed by atoms with Crippen molar-refractivity contribution in [2.24, 2.45) is 0 Å². The summed E-state index contributed by atoms with van der Waals surface area (Å²) in [7, 11) is 0. The van der Waals surface area contributed by atoms with E-state index >= 15 is 0 Å². The number of halogens is 3. The van der Waals surface area contributed by atoms with Crippen molar-refractivity contribution >= 4 is 5.91 Å². The van der Waals surface area contributed by atoms with Crippen molar-refractivity contribution in [1.29, 1.82) is 0 Å². The van der Waals surface area contributed by atoms with Crippen LogP contribution in [0.1, 0.15) is 46.9 Å². The van der Waals surface area contributed by atoms with Crippen LogP contribution in [-0.2, 0) is 12.6 Å². The van der Waals surface area contributed by atoms with Crippen molar-refractivity contribution in [3.05, 3.63) is 34.4 Å². The first kappa shape index (κ1) is 14.4. The van der Waals surface area contributed by atoms with Crippen LogP contribution in [0.4, 0.5) is 13.2 Å². The highest BCUT2D eigenvalue weighted by atomic mass is 19.4. The fourth-order valence-corrected chi connectivity index (χ4v) is 3.37. The number of carbonyl (C=O) groups is 1. The monoisotopic (exact) mass is 298 g/mol. The number of carbonyl (C=O) groups excluding carboxylic acids is 1. The lowest BCUT2D eigenvalue weighted by Crippen LogP contribution is -2.50. The van der Waals surface area contributed by atoms with Crippen LogP contribution in [-0.4, -0.2) is 29.9 Å². The lowest BCUT2D eigenvalue weighted by atomic mass is 9.92. The number of nitrogens with one attached hydrogen (secondary N) is 1. The number of hydrogen-bond donors (Lipinski definition) is 1. The molecular weight excluding hydrogens is 281 g/mol. The Kier molecular flexibility index (Phi) is 3.24. The Bertz CT molecular complexity index is 597. The zero-order valence-corrected chi connectivity index (χ0v) is 11.9. The van der Waals surface area contributed by atoms with Crippen LogP contribution in [0, 0.1) is 0 Å². The largest absolute Gasteiger partial charge is 0.417 e. The Labute approximate surface area is 121 Å². The fourth-order valence-electron chi connectivity index (χ4n) is 3.37. The number of hydrogen-bond acceptors (Lipinski definition) is 2. The number of amides is 1. The first-order valence-electron chi connectivity index (χ1n) is 7.13. The van der Waals surface area contributed by atoms with Crippen LogP contribution in [0.5, 0.6) is 0 Å². The van der Waals surface area contributed by atoms with Gasteiger partial charge in [0.15, 0.2) is 0 Å². The summed E-state index contributed by atoms with van der Waals surface area (Å²) in [6.07, 6.45) is -3.99. The molecule has 2 atom stereocenters. The number of fused-ring (bicyclic) bond motifs is 3. The van der Waals surface area contributed by atoms with Gasteiger partial charge in [0.05, 0.1) is 17.2 Å². The molecule has 0 aliphatic carbocycles. The van der Waals surface area contributed by atoms with Gasteiger partial charge < -0.3 is 10.2 Å². The van der Waals surface area contributed by atoms with Gasteiger partial charge in [0, 0.05) is 19.1 Å². The average Bonchev–Trinajstić information content (AvgIpc) is 2.71. The summed E-state index contributed by atoms with van der Waals surface area (Å²) in [6, 6.07) is 2.54. The summed E-state index contributed by atoms with van der Waals surface area (Å²) in [5, 5.41) is 3.24. The van der Waals surface area contributed by atoms with Crippen molar-refractivity contribution in [3.63, 3.8) is 0 Å². The molecule has 21 heavy (non-hydrogen) atoms. The SMILES string of the molecule is CCc1cc2c(c(C(F)(F)F)c1)C(=O)N1CCN[C@@H](C)[C@@H]21. The van der Waals surface area contributed by atoms with E-state index in [-0.39, 0.29) is 17.6 Å². The maximum absolute atomic E-state index is 13.3. The minimum absolute atomic E-state index is 0.0443. The molecule has 1 saturated heterocycles. The molecule has 1 fully saturated rings. The molecule has 0 radical (unpaired) electrons. The minimum Gasteiger partial charge on any atom is -0.329 e. The van der Waals surface area contributed by atoms with Crippen LogP contribution in [0.25, 0.3) is 0 Å². The highest BCUT2D eigenvalue weighted by molar-refractivity contribution is 6.01. The Morgan fingerprint density at radius 3 is 2.71 bits per heavy atom. The summed E-state index contributed by atoms with van der Waals surface area (Å²) < 4.78 is 40.0. The fraction of sp³-hybridized carbons (Fsp3) is 0.533. The standard InChI is InChI=1S/C15H17F3N2O/c1-3-9-6-10-12(11(7-9)15(16,17)18)14(21)20-5-4-19-8(2)13(10)20/h6-8,13,19H,3-5H2,1-2H3/t8-,13-/m0/s1. The van der Waals surface area contributed by atoms with E-state index in [0.717, 1.165) is 6.07 Å². The van der Waals surface area contributed by atoms with Crippen LogP contribution >= 0.6 is 0 Å². The van der Waals surface area contributed by atoms with Crippen molar-refractivity contribution in [3.8, 4) is 0 Å². The van der Waals surface area contributed by atoms with Gasteiger partial charge in [0.25, 0.3) is 5.91 Å². The predicted octanol–water partition coefficient (Wildman–Crippen LogP) is 2.76. The number of nitrogens with zero attached hydrogens (tertiary/aromatic N) is 1. The zero-order valence-electron chi connectivity index (χ0n) is 11.9. The van der Waals surface area contributed by atoms with Gasteiger partial charge in [-0.2, -0.15) is 13.2 Å². The van der Waals surface area contributed by atoms with Crippen molar-refractivity contribution in [1.82, 2.24) is 10.2 Å². The summed E-state index contributed by atoms with van der Waals surface area (Å²) in [5.41, 5.74) is 0.198. The second kappa shape index (κ2) is 4.73. The van der Waals surface area contributed by atoms with Crippen molar-refractivity contribution < 1.29 is 18.0 Å². The van der Waals surface area contributed by atoms with E-state index in [1.807, 2.05) is 13.8 Å². The molecule has 6 heteroatoms. The number of benzene rings is 1. The Balaban J connectivity index is 2.23. The molecule has 2 heterocycles. The minimum atomic E-state index is -4.50. The highest BCUT2D eigenvalue weighted by Gasteiger charge is 2.47. The second-order valence-corrected chi connectivity index (χ2v) is 5.65. The van der Waals surface area contributed by atoms with Gasteiger partial charge in [-0.05, 0) is 30.5 Å². The number of aryl methyl sites for hydroxylation is 1. The molecule has 1 N–H and O–H groups in total. The number of rotatable bonds is 1. The molecule has 0 aromatic heterocycles. The third-order valence-electron chi connectivity index (χ3n) is 4.36. The van der Waals surface area contributed by atoms with E-state index in [9.17, 15) is 18.0 Å². The third-order valence-corrected chi connectivity index (χ3v) is 4.36. The smallest absolute Gasteiger partial charge is 0.329 e. The van der Waals surface area contributed by atoms with Crippen LogP contribution < -0.4 is 5.32 Å². The Morgan fingerprint density at radius 2 is 2.10 bits per heavy atom. The van der Waals surface area contributed by atoms with Gasteiger partial charge in [-0.25, -0.2) is 0 Å². The Hall–Kier alpha value is -1.56. The first-order chi connectivity index (χ1) is 9.84. The second-order valence-electron chi connectivity index (χ2n) is 5.65. The molecule has 0 bridgehead atoms. The lowest BCUT2D eigenvalue weighted by molar-refractivity contribution is -0.138. The predicted molar refractivity (Wildman–Crippen MR) is 72.1 cm³/mol. The third kappa shape index (κ3) is 2.12. The van der Waals surface area contributed by atoms with Gasteiger partial charge in [-0.1, -0.05) is 13.0 Å². The van der Waals surface area contributed by atoms with E-state index < -0.39 is 17.6 Å². The van der Waals surface area contributed by atoms with E-state index in [0.29, 0.717) is 30.6 Å². The molecule has 0 unspecified atom stereocenters. The molecule has 114 valence electrons. The molecule has 1 amide bonds. The number of alkyl halides is 3. The molecule has 1 aromatic rings. The van der Waals surface area contributed by atoms with Crippen LogP contribution in [0.3, 0.4) is 0 Å². The Morgan fingerprint density at radius 1 is 1.38 bits per heavy atom. The van der Waals surface area contributed by atoms with Gasteiger partial charge in [-0.3, -0.25) is 4.79 Å². The summed E-state index contributed by atoms with van der Waals surface area (Å²) >= 11 is 0.